The smallest absolute Gasteiger partial charge is 0.255 e. The van der Waals surface area contributed by atoms with Crippen molar-refractivity contribution >= 4 is 33.2 Å². The molecule has 0 radical (unpaired) electrons. The molecule has 9 heteroatoms. The van der Waals surface area contributed by atoms with Crippen LogP contribution in [-0.4, -0.2) is 31.3 Å². The monoisotopic (exact) mass is 326 g/mol. The summed E-state index contributed by atoms with van der Waals surface area (Å²) in [4.78, 5) is 19.5. The second-order valence-electron chi connectivity index (χ2n) is 3.93. The number of hydrogen-bond acceptors (Lipinski definition) is 5. The van der Waals surface area contributed by atoms with Crippen molar-refractivity contribution in [3.8, 4) is 0 Å². The summed E-state index contributed by atoms with van der Waals surface area (Å²) in [6.07, 6.45) is 2.74. The summed E-state index contributed by atoms with van der Waals surface area (Å²) in [7, 11) is -2.20. The van der Waals surface area contributed by atoms with Crippen molar-refractivity contribution in [1.29, 1.82) is 0 Å². The number of rotatable bonds is 4. The van der Waals surface area contributed by atoms with Crippen molar-refractivity contribution in [1.82, 2.24) is 14.7 Å². The number of hydrogen-bond donors (Lipinski definition) is 2. The molecule has 0 saturated carbocycles. The quantitative estimate of drug-likeness (QED) is 0.824. The molecule has 1 aromatic heterocycles. The first-order valence-electron chi connectivity index (χ1n) is 5.75. The highest BCUT2D eigenvalue weighted by atomic mass is 35.5. The second kappa shape index (κ2) is 6.17. The fourth-order valence-corrected chi connectivity index (χ4v) is 2.31. The highest BCUT2D eigenvalue weighted by Gasteiger charge is 2.12. The lowest BCUT2D eigenvalue weighted by Gasteiger charge is -2.06. The van der Waals surface area contributed by atoms with Crippen molar-refractivity contribution in [3.63, 3.8) is 0 Å². The Labute approximate surface area is 126 Å². The molecule has 0 bridgehead atoms. The fraction of sp³-hybridized carbons (Fsp3) is 0.0833. The van der Waals surface area contributed by atoms with E-state index in [9.17, 15) is 13.2 Å². The minimum Gasteiger partial charge on any atom is -0.319 e. The molecule has 2 N–H and O–H groups in total. The van der Waals surface area contributed by atoms with Gasteiger partial charge in [-0.25, -0.2) is 23.1 Å². The summed E-state index contributed by atoms with van der Waals surface area (Å²) in [5.41, 5.74) is 0.691. The molecule has 0 aliphatic heterocycles. The summed E-state index contributed by atoms with van der Waals surface area (Å²) in [5.74, 6) is -0.408. The number of nitrogens with one attached hydrogen (secondary N) is 2. The first kappa shape index (κ1) is 15.4. The number of carbonyl (C=O) groups is 1. The fourth-order valence-electron chi connectivity index (χ4n) is 1.48. The zero-order chi connectivity index (χ0) is 15.5. The van der Waals surface area contributed by atoms with Crippen LogP contribution in [0.25, 0.3) is 0 Å². The number of nitrogens with zero attached hydrogens (tertiary/aromatic N) is 2. The Morgan fingerprint density at radius 1 is 1.14 bits per heavy atom. The van der Waals surface area contributed by atoms with E-state index in [1.165, 1.54) is 43.7 Å². The Balaban J connectivity index is 2.15. The zero-order valence-corrected chi connectivity index (χ0v) is 12.4. The number of anilines is 1. The van der Waals surface area contributed by atoms with Crippen molar-refractivity contribution in [2.24, 2.45) is 0 Å². The Morgan fingerprint density at radius 2 is 1.71 bits per heavy atom. The molecule has 7 nitrogen and oxygen atoms in total. The van der Waals surface area contributed by atoms with Gasteiger partial charge in [0.2, 0.25) is 15.3 Å². The average Bonchev–Trinajstić information content (AvgIpc) is 2.49. The normalized spacial score (nSPS) is 11.1. The van der Waals surface area contributed by atoms with Crippen LogP contribution in [-0.2, 0) is 10.0 Å². The summed E-state index contributed by atoms with van der Waals surface area (Å²) in [6.45, 7) is 0. The summed E-state index contributed by atoms with van der Waals surface area (Å²) in [6, 6.07) is 5.52. The molecule has 0 saturated heterocycles. The molecule has 1 heterocycles. The summed E-state index contributed by atoms with van der Waals surface area (Å²) in [5, 5.41) is 2.65. The van der Waals surface area contributed by atoms with Gasteiger partial charge in [0, 0.05) is 5.56 Å². The van der Waals surface area contributed by atoms with Gasteiger partial charge in [0.15, 0.2) is 0 Å². The van der Waals surface area contributed by atoms with E-state index in [4.69, 9.17) is 11.6 Å². The second-order valence-corrected chi connectivity index (χ2v) is 6.15. The number of benzene rings is 1. The molecule has 0 aliphatic rings. The SMILES string of the molecule is CNS(=O)(=O)c1ccc(C(=O)Nc2cnc(Cl)nc2)cc1. The molecule has 0 aliphatic carbocycles. The number of halogens is 1. The van der Waals surface area contributed by atoms with Crippen LogP contribution in [0, 0.1) is 0 Å². The first-order chi connectivity index (χ1) is 9.92. The van der Waals surface area contributed by atoms with Gasteiger partial charge in [0.25, 0.3) is 5.91 Å². The van der Waals surface area contributed by atoms with Gasteiger partial charge in [-0.3, -0.25) is 4.79 Å². The van der Waals surface area contributed by atoms with Crippen molar-refractivity contribution in [3.05, 3.63) is 47.5 Å². The lowest BCUT2D eigenvalue weighted by atomic mass is 10.2. The van der Waals surface area contributed by atoms with E-state index >= 15 is 0 Å². The van der Waals surface area contributed by atoms with Gasteiger partial charge >= 0.3 is 0 Å². The molecule has 0 unspecified atom stereocenters. The topological polar surface area (TPSA) is 101 Å². The molecule has 110 valence electrons. The standard InChI is InChI=1S/C12H11ClN4O3S/c1-14-21(19,20)10-4-2-8(3-5-10)11(18)17-9-6-15-12(13)16-7-9/h2-7,14H,1H3,(H,17,18). The molecule has 0 spiro atoms. The van der Waals surface area contributed by atoms with Gasteiger partial charge in [0.05, 0.1) is 23.0 Å². The van der Waals surface area contributed by atoms with Gasteiger partial charge < -0.3 is 5.32 Å². The lowest BCUT2D eigenvalue weighted by molar-refractivity contribution is 0.102. The number of aromatic nitrogens is 2. The highest BCUT2D eigenvalue weighted by molar-refractivity contribution is 7.89. The van der Waals surface area contributed by atoms with Gasteiger partial charge in [-0.05, 0) is 42.9 Å². The van der Waals surface area contributed by atoms with Crippen LogP contribution in [0.15, 0.2) is 41.6 Å². The third-order valence-corrected chi connectivity index (χ3v) is 4.20. The lowest BCUT2D eigenvalue weighted by Crippen LogP contribution is -2.19. The molecule has 0 atom stereocenters. The maximum absolute atomic E-state index is 12.0. The Bertz CT molecular complexity index is 745. The van der Waals surface area contributed by atoms with Crippen molar-refractivity contribution < 1.29 is 13.2 Å². The van der Waals surface area contributed by atoms with Crippen LogP contribution in [0.3, 0.4) is 0 Å². The molecule has 1 amide bonds. The van der Waals surface area contributed by atoms with E-state index in [0.29, 0.717) is 11.3 Å². The Morgan fingerprint density at radius 3 is 2.24 bits per heavy atom. The molecule has 0 fully saturated rings. The van der Waals surface area contributed by atoms with Crippen LogP contribution < -0.4 is 10.0 Å². The number of sulfonamides is 1. The number of amides is 1. The van der Waals surface area contributed by atoms with Crippen LogP contribution in [0.2, 0.25) is 5.28 Å². The molecule has 1 aromatic carbocycles. The molecule has 2 aromatic rings. The van der Waals surface area contributed by atoms with Gasteiger partial charge in [0.1, 0.15) is 0 Å². The number of carbonyl (C=O) groups excluding carboxylic acids is 1. The molecular weight excluding hydrogens is 316 g/mol. The van der Waals surface area contributed by atoms with E-state index in [0.717, 1.165) is 0 Å². The predicted octanol–water partition coefficient (Wildman–Crippen LogP) is 1.29. The molecule has 21 heavy (non-hydrogen) atoms. The average molecular weight is 327 g/mol. The van der Waals surface area contributed by atoms with Crippen LogP contribution in [0.1, 0.15) is 10.4 Å². The van der Waals surface area contributed by atoms with Gasteiger partial charge in [-0.1, -0.05) is 0 Å². The van der Waals surface area contributed by atoms with E-state index < -0.39 is 15.9 Å². The molecular formula is C12H11ClN4O3S. The highest BCUT2D eigenvalue weighted by Crippen LogP contribution is 2.12. The van der Waals surface area contributed by atoms with E-state index in [-0.39, 0.29) is 10.2 Å². The largest absolute Gasteiger partial charge is 0.319 e. The molecule has 2 rings (SSSR count). The van der Waals surface area contributed by atoms with Crippen molar-refractivity contribution in [2.75, 3.05) is 12.4 Å². The van der Waals surface area contributed by atoms with Crippen LogP contribution >= 0.6 is 11.6 Å². The van der Waals surface area contributed by atoms with Crippen molar-refractivity contribution in [2.45, 2.75) is 4.90 Å². The van der Waals surface area contributed by atoms with E-state index in [2.05, 4.69) is 20.0 Å². The van der Waals surface area contributed by atoms with Crippen LogP contribution in [0.4, 0.5) is 5.69 Å². The maximum atomic E-state index is 12.0. The van der Waals surface area contributed by atoms with Gasteiger partial charge in [-0.2, -0.15) is 0 Å². The zero-order valence-electron chi connectivity index (χ0n) is 10.9. The van der Waals surface area contributed by atoms with E-state index in [1.54, 1.807) is 0 Å². The van der Waals surface area contributed by atoms with Gasteiger partial charge in [-0.15, -0.1) is 0 Å². The third kappa shape index (κ3) is 3.75. The van der Waals surface area contributed by atoms with E-state index in [1.807, 2.05) is 0 Å². The Hall–Kier alpha value is -2.03. The first-order valence-corrected chi connectivity index (χ1v) is 7.61. The third-order valence-electron chi connectivity index (χ3n) is 2.57. The van der Waals surface area contributed by atoms with Crippen LogP contribution in [0.5, 0.6) is 0 Å². The minimum absolute atomic E-state index is 0.0784. The predicted molar refractivity (Wildman–Crippen MR) is 77.7 cm³/mol. The maximum Gasteiger partial charge on any atom is 0.255 e. The summed E-state index contributed by atoms with van der Waals surface area (Å²) < 4.78 is 25.3. The Kier molecular flexibility index (Phi) is 4.51. The summed E-state index contributed by atoms with van der Waals surface area (Å²) >= 11 is 5.54. The minimum atomic E-state index is -3.52.